The van der Waals surface area contributed by atoms with Crippen molar-refractivity contribution in [3.8, 4) is 0 Å². The van der Waals surface area contributed by atoms with Crippen molar-refractivity contribution in [3.63, 3.8) is 0 Å². The van der Waals surface area contributed by atoms with Gasteiger partial charge in [-0.25, -0.2) is 0 Å². The van der Waals surface area contributed by atoms with Crippen molar-refractivity contribution in [3.05, 3.63) is 95.2 Å². The molecule has 0 saturated carbocycles. The van der Waals surface area contributed by atoms with Crippen LogP contribution in [0.5, 0.6) is 0 Å². The zero-order chi connectivity index (χ0) is 17.3. The molecule has 26 heavy (non-hydrogen) atoms. The third-order valence-electron chi connectivity index (χ3n) is 5.92. The first-order chi connectivity index (χ1) is 12.9. The number of fused-ring (bicyclic) bond motifs is 2. The molecule has 0 aromatic heterocycles. The Bertz CT molecular complexity index is 890. The highest BCUT2D eigenvalue weighted by Gasteiger charge is 2.37. The second-order valence-corrected chi connectivity index (χ2v) is 7.31. The molecule has 0 saturated heterocycles. The minimum absolute atomic E-state index is 0.395. The van der Waals surface area contributed by atoms with Gasteiger partial charge < -0.3 is 10.6 Å². The molecule has 2 unspecified atom stereocenters. The van der Waals surface area contributed by atoms with Crippen LogP contribution in [0.2, 0.25) is 0 Å². The molecule has 2 heterocycles. The molecule has 2 aromatic rings. The summed E-state index contributed by atoms with van der Waals surface area (Å²) in [5, 5.41) is 7.47. The van der Waals surface area contributed by atoms with Gasteiger partial charge in [0.15, 0.2) is 0 Å². The van der Waals surface area contributed by atoms with Crippen LogP contribution in [0.4, 0.5) is 0 Å². The molecule has 3 aliphatic rings. The lowest BCUT2D eigenvalue weighted by Gasteiger charge is -2.42. The maximum atomic E-state index is 3.77. The van der Waals surface area contributed by atoms with E-state index < -0.39 is 0 Å². The van der Waals surface area contributed by atoms with Crippen molar-refractivity contribution < 1.29 is 0 Å². The lowest BCUT2D eigenvalue weighted by atomic mass is 9.72. The minimum Gasteiger partial charge on any atom is -0.383 e. The third-order valence-corrected chi connectivity index (χ3v) is 5.92. The van der Waals surface area contributed by atoms with Crippen LogP contribution in [-0.2, 0) is 0 Å². The highest BCUT2D eigenvalue weighted by Crippen LogP contribution is 2.43. The Labute approximate surface area is 155 Å². The molecule has 1 aliphatic carbocycles. The molecule has 2 nitrogen and oxygen atoms in total. The maximum absolute atomic E-state index is 3.77. The molecule has 0 spiro atoms. The van der Waals surface area contributed by atoms with Crippen LogP contribution in [0.25, 0.3) is 11.1 Å². The van der Waals surface area contributed by atoms with Gasteiger partial charge in [0, 0.05) is 24.7 Å². The summed E-state index contributed by atoms with van der Waals surface area (Å²) in [5.74, 6) is 0.549. The molecule has 2 aromatic carbocycles. The first-order valence-corrected chi connectivity index (χ1v) is 9.63. The van der Waals surface area contributed by atoms with E-state index in [-0.39, 0.29) is 0 Å². The summed E-state index contributed by atoms with van der Waals surface area (Å²) in [6.07, 6.45) is 7.07. The van der Waals surface area contributed by atoms with Crippen LogP contribution in [0.1, 0.15) is 24.0 Å². The molecule has 2 atom stereocenters. The molecule has 2 aliphatic heterocycles. The van der Waals surface area contributed by atoms with Crippen molar-refractivity contribution in [2.24, 2.45) is 5.92 Å². The van der Waals surface area contributed by atoms with Gasteiger partial charge in [-0.2, -0.15) is 0 Å². The smallest absolute Gasteiger partial charge is 0.0544 e. The van der Waals surface area contributed by atoms with Gasteiger partial charge in [-0.1, -0.05) is 72.8 Å². The fourth-order valence-electron chi connectivity index (χ4n) is 4.77. The van der Waals surface area contributed by atoms with Crippen molar-refractivity contribution in [2.75, 3.05) is 13.1 Å². The Morgan fingerprint density at radius 2 is 1.50 bits per heavy atom. The average Bonchev–Trinajstić information content (AvgIpc) is 2.74. The second kappa shape index (κ2) is 6.62. The van der Waals surface area contributed by atoms with Crippen LogP contribution in [0.3, 0.4) is 0 Å². The van der Waals surface area contributed by atoms with E-state index in [0.717, 1.165) is 19.5 Å². The Balaban J connectivity index is 1.52. The van der Waals surface area contributed by atoms with Crippen LogP contribution in [0.15, 0.2) is 84.1 Å². The van der Waals surface area contributed by atoms with Gasteiger partial charge in [0.2, 0.25) is 0 Å². The lowest BCUT2D eigenvalue weighted by Crippen LogP contribution is -2.48. The fourth-order valence-corrected chi connectivity index (χ4v) is 4.77. The van der Waals surface area contributed by atoms with E-state index in [4.69, 9.17) is 0 Å². The molecule has 130 valence electrons. The number of hydrogen-bond donors (Lipinski definition) is 2. The van der Waals surface area contributed by atoms with E-state index in [9.17, 15) is 0 Å². The van der Waals surface area contributed by atoms with Crippen molar-refractivity contribution in [2.45, 2.75) is 18.9 Å². The summed E-state index contributed by atoms with van der Waals surface area (Å²) >= 11 is 0. The van der Waals surface area contributed by atoms with Crippen LogP contribution >= 0.6 is 0 Å². The molecular formula is C24H24N2. The lowest BCUT2D eigenvalue weighted by molar-refractivity contribution is 0.401. The number of benzene rings is 2. The van der Waals surface area contributed by atoms with Gasteiger partial charge >= 0.3 is 0 Å². The molecule has 0 radical (unpaired) electrons. The SMILES string of the molecule is C1=C(c2ccccc2)C2=C(NC1)C1NCC=C(c3ccccc3)C1CC2. The summed E-state index contributed by atoms with van der Waals surface area (Å²) < 4.78 is 0. The molecule has 2 heteroatoms. The zero-order valence-corrected chi connectivity index (χ0v) is 14.9. The normalized spacial score (nSPS) is 24.8. The van der Waals surface area contributed by atoms with Gasteiger partial charge in [0.05, 0.1) is 6.04 Å². The van der Waals surface area contributed by atoms with E-state index in [1.165, 1.54) is 40.0 Å². The Kier molecular flexibility index (Phi) is 3.99. The van der Waals surface area contributed by atoms with Crippen molar-refractivity contribution >= 4 is 11.1 Å². The largest absolute Gasteiger partial charge is 0.383 e. The predicted molar refractivity (Wildman–Crippen MR) is 108 cm³/mol. The number of hydrogen-bond acceptors (Lipinski definition) is 2. The van der Waals surface area contributed by atoms with E-state index in [1.807, 2.05) is 0 Å². The quantitative estimate of drug-likeness (QED) is 0.847. The molecule has 0 bridgehead atoms. The molecule has 2 N–H and O–H groups in total. The first-order valence-electron chi connectivity index (χ1n) is 9.63. The summed E-state index contributed by atoms with van der Waals surface area (Å²) in [4.78, 5) is 0. The van der Waals surface area contributed by atoms with E-state index in [1.54, 1.807) is 0 Å². The summed E-state index contributed by atoms with van der Waals surface area (Å²) in [6, 6.07) is 22.1. The van der Waals surface area contributed by atoms with Gasteiger partial charge in [-0.05, 0) is 40.7 Å². The van der Waals surface area contributed by atoms with Gasteiger partial charge in [0.25, 0.3) is 0 Å². The summed E-state index contributed by atoms with van der Waals surface area (Å²) in [5.41, 5.74) is 8.58. The van der Waals surface area contributed by atoms with E-state index in [2.05, 4.69) is 83.4 Å². The molecular weight excluding hydrogens is 316 g/mol. The number of allylic oxidation sites excluding steroid dienone is 2. The number of nitrogens with one attached hydrogen (secondary N) is 2. The maximum Gasteiger partial charge on any atom is 0.0544 e. The monoisotopic (exact) mass is 340 g/mol. The Hall–Kier alpha value is -2.58. The number of dihydropyridines is 1. The Morgan fingerprint density at radius 3 is 2.27 bits per heavy atom. The first kappa shape index (κ1) is 15.7. The highest BCUT2D eigenvalue weighted by molar-refractivity contribution is 5.82. The second-order valence-electron chi connectivity index (χ2n) is 7.31. The third kappa shape index (κ3) is 2.62. The van der Waals surface area contributed by atoms with Crippen LogP contribution in [0, 0.1) is 5.92 Å². The predicted octanol–water partition coefficient (Wildman–Crippen LogP) is 4.39. The molecule has 0 fully saturated rings. The minimum atomic E-state index is 0.395. The molecule has 5 rings (SSSR count). The van der Waals surface area contributed by atoms with Crippen molar-refractivity contribution in [1.29, 1.82) is 0 Å². The van der Waals surface area contributed by atoms with Gasteiger partial charge in [-0.15, -0.1) is 0 Å². The van der Waals surface area contributed by atoms with Crippen molar-refractivity contribution in [1.82, 2.24) is 10.6 Å². The van der Waals surface area contributed by atoms with Gasteiger partial charge in [-0.3, -0.25) is 0 Å². The highest BCUT2D eigenvalue weighted by atomic mass is 15.0. The molecule has 0 amide bonds. The zero-order valence-electron chi connectivity index (χ0n) is 14.9. The number of rotatable bonds is 2. The summed E-state index contributed by atoms with van der Waals surface area (Å²) in [6.45, 7) is 1.85. The standard InChI is InChI=1S/C24H24N2/c1-3-7-17(8-4-1)19-13-15-25-23-21(19)11-12-22-20(14-16-26-24(22)23)18-9-5-2-6-10-18/h1-10,13-14,21,23,25-26H,11-12,15-16H2. The average molecular weight is 340 g/mol. The topological polar surface area (TPSA) is 24.1 Å². The van der Waals surface area contributed by atoms with Crippen LogP contribution < -0.4 is 10.6 Å². The van der Waals surface area contributed by atoms with E-state index in [0.29, 0.717) is 12.0 Å². The Morgan fingerprint density at radius 1 is 0.769 bits per heavy atom. The van der Waals surface area contributed by atoms with Gasteiger partial charge in [0.1, 0.15) is 0 Å². The van der Waals surface area contributed by atoms with E-state index >= 15 is 0 Å². The summed E-state index contributed by atoms with van der Waals surface area (Å²) in [7, 11) is 0. The van der Waals surface area contributed by atoms with Crippen LogP contribution in [-0.4, -0.2) is 19.1 Å². The fraction of sp³-hybridized carbons (Fsp3) is 0.250.